The Kier molecular flexibility index (Phi) is 11.5. The summed E-state index contributed by atoms with van der Waals surface area (Å²) in [6.45, 7) is 12.0. The summed E-state index contributed by atoms with van der Waals surface area (Å²) in [5.74, 6) is -0.609. The minimum atomic E-state index is -1.03. The van der Waals surface area contributed by atoms with Crippen LogP contribution in [0.4, 0.5) is 9.59 Å². The summed E-state index contributed by atoms with van der Waals surface area (Å²) in [5.41, 5.74) is -2.51. The van der Waals surface area contributed by atoms with E-state index in [2.05, 4.69) is 0 Å². The molecule has 19 heteroatoms. The van der Waals surface area contributed by atoms with Gasteiger partial charge in [0.05, 0.1) is 28.0 Å². The van der Waals surface area contributed by atoms with Gasteiger partial charge < -0.3 is 66.4 Å². The summed E-state index contributed by atoms with van der Waals surface area (Å²) < 4.78 is 67.3. The fourth-order valence-corrected chi connectivity index (χ4v) is 8.18. The van der Waals surface area contributed by atoms with Crippen LogP contribution in [0.15, 0.2) is 48.8 Å². The van der Waals surface area contributed by atoms with Gasteiger partial charge in [0, 0.05) is 25.3 Å². The van der Waals surface area contributed by atoms with Crippen LogP contribution in [-0.2, 0) is 37.9 Å². The number of carbonyl (C=O) groups excluding carboxylic acids is 3. The molecular weight excluding hydrogens is 808 g/mol. The molecule has 328 valence electrons. The number of fused-ring (bicyclic) bond motifs is 4. The Morgan fingerprint density at radius 1 is 0.689 bits per heavy atom. The molecular formula is C42H46O19. The van der Waals surface area contributed by atoms with Crippen molar-refractivity contribution in [1.82, 2.24) is 0 Å². The topological polar surface area (TPSA) is 244 Å². The number of ketones is 1. The third kappa shape index (κ3) is 7.48. The molecule has 2 unspecified atom stereocenters. The first kappa shape index (κ1) is 43.2. The first-order valence-corrected chi connectivity index (χ1v) is 19.4. The quantitative estimate of drug-likeness (QED) is 0.121. The van der Waals surface area contributed by atoms with Crippen LogP contribution in [-0.4, -0.2) is 103 Å². The molecule has 0 radical (unpaired) electrons. The number of methoxy groups -OCH3 is 2. The molecule has 8 rings (SSSR count). The van der Waals surface area contributed by atoms with Crippen LogP contribution >= 0.6 is 0 Å². The molecule has 2 aromatic heterocycles. The third-order valence-electron chi connectivity index (χ3n) is 11.8. The molecule has 0 bridgehead atoms. The third-order valence-corrected chi connectivity index (χ3v) is 11.8. The normalized spacial score (nSPS) is 30.2. The average molecular weight is 855 g/mol. The van der Waals surface area contributed by atoms with Gasteiger partial charge in [-0.2, -0.15) is 0 Å². The van der Waals surface area contributed by atoms with Gasteiger partial charge in [0.25, 0.3) is 0 Å². The van der Waals surface area contributed by atoms with E-state index in [9.17, 15) is 34.2 Å². The molecule has 4 aliphatic rings. The van der Waals surface area contributed by atoms with E-state index in [1.165, 1.54) is 27.2 Å². The Balaban J connectivity index is 0.000000185. The van der Waals surface area contributed by atoms with Gasteiger partial charge in [-0.15, -0.1) is 0 Å². The summed E-state index contributed by atoms with van der Waals surface area (Å²) in [7, 11) is 3.03. The number of benzene rings is 2. The highest BCUT2D eigenvalue weighted by molar-refractivity contribution is 6.02. The van der Waals surface area contributed by atoms with E-state index in [1.807, 2.05) is 27.7 Å². The van der Waals surface area contributed by atoms with Crippen molar-refractivity contribution in [3.63, 3.8) is 0 Å². The highest BCUT2D eigenvalue weighted by atomic mass is 16.8. The number of Topliss-reactive ketones (excluding diaryl/α,β-unsaturated/α-hetero) is 1. The lowest BCUT2D eigenvalue weighted by Gasteiger charge is -2.46. The molecule has 0 aliphatic carbocycles. The standard InChI is InChI=1S/C22H24O10.C20H22O9/c1-6-22(4)18(27-5)16-17(31-21(26)30-16)20(32-22)28-12-8-7-11-14(24)13(10(3)23)19(25)29-15(11)9(12)2;1-5-20(3)17(24-4)15-16(28-19(23)27-15)18(29-20)25-12-7-6-10-11(21)8-13(22)26-14(10)9(12)2/h7-8,16-18,20,24H,6H2,1-5H3;6-8,15-18,21H,5H2,1-4H3/t16-,17+,18+,20?,22-;15-,16+,17+,18?,20-/m00/s1. The van der Waals surface area contributed by atoms with Crippen molar-refractivity contribution < 1.29 is 80.8 Å². The number of aromatic hydroxyl groups is 2. The summed E-state index contributed by atoms with van der Waals surface area (Å²) in [6.07, 6.45) is -6.80. The molecule has 2 aromatic carbocycles. The molecule has 0 spiro atoms. The smallest absolute Gasteiger partial charge is 0.507 e. The van der Waals surface area contributed by atoms with Gasteiger partial charge in [0.2, 0.25) is 24.8 Å². The van der Waals surface area contributed by atoms with Crippen LogP contribution in [0.3, 0.4) is 0 Å². The zero-order valence-corrected chi connectivity index (χ0v) is 34.8. The minimum absolute atomic E-state index is 0.0649. The largest absolute Gasteiger partial charge is 0.509 e. The van der Waals surface area contributed by atoms with Crippen LogP contribution in [0.1, 0.15) is 68.9 Å². The summed E-state index contributed by atoms with van der Waals surface area (Å²) in [5, 5.41) is 21.0. The number of ether oxygens (including phenoxy) is 10. The van der Waals surface area contributed by atoms with Crippen molar-refractivity contribution in [2.75, 3.05) is 14.2 Å². The highest BCUT2D eigenvalue weighted by Crippen LogP contribution is 2.43. The van der Waals surface area contributed by atoms with Gasteiger partial charge in [-0.3, -0.25) is 4.79 Å². The van der Waals surface area contributed by atoms with Crippen molar-refractivity contribution in [2.24, 2.45) is 0 Å². The zero-order valence-electron chi connectivity index (χ0n) is 34.8. The number of aryl methyl sites for hydroxylation is 2. The molecule has 4 aliphatic heterocycles. The Hall–Kier alpha value is -5.89. The monoisotopic (exact) mass is 854 g/mol. The SMILES string of the molecule is CC[C@]1(C)OC(Oc2ccc3c(O)c(C(C)=O)c(=O)oc3c2C)[C@@H]2OC(=O)O[C@@H]2[C@H]1OC.CC[C@]1(C)OC(Oc2ccc3c(O)cc(=O)oc3c2C)[C@@H]2OC(=O)O[C@@H]2[C@H]1OC. The molecule has 10 atom stereocenters. The summed E-state index contributed by atoms with van der Waals surface area (Å²) >= 11 is 0. The van der Waals surface area contributed by atoms with Gasteiger partial charge in [-0.05, 0) is 71.7 Å². The van der Waals surface area contributed by atoms with Crippen molar-refractivity contribution >= 4 is 40.0 Å². The van der Waals surface area contributed by atoms with Gasteiger partial charge in [-0.25, -0.2) is 19.2 Å². The van der Waals surface area contributed by atoms with Crippen LogP contribution in [0, 0.1) is 13.8 Å². The van der Waals surface area contributed by atoms with E-state index < -0.39 is 101 Å². The Labute approximate surface area is 347 Å². The first-order valence-electron chi connectivity index (χ1n) is 19.4. The molecule has 19 nitrogen and oxygen atoms in total. The van der Waals surface area contributed by atoms with Gasteiger partial charge >= 0.3 is 23.6 Å². The molecule has 61 heavy (non-hydrogen) atoms. The Morgan fingerprint density at radius 2 is 1.13 bits per heavy atom. The van der Waals surface area contributed by atoms with E-state index in [0.29, 0.717) is 35.1 Å². The molecule has 4 saturated heterocycles. The van der Waals surface area contributed by atoms with Crippen LogP contribution in [0.25, 0.3) is 21.9 Å². The number of hydrogen-bond acceptors (Lipinski definition) is 19. The average Bonchev–Trinajstić information content (AvgIpc) is 3.79. The fraction of sp³-hybridized carbons (Fsp3) is 0.500. The summed E-state index contributed by atoms with van der Waals surface area (Å²) in [6, 6.07) is 7.22. The molecule has 4 fully saturated rings. The fourth-order valence-electron chi connectivity index (χ4n) is 8.18. The van der Waals surface area contributed by atoms with Crippen molar-refractivity contribution in [3.05, 3.63) is 67.9 Å². The predicted molar refractivity (Wildman–Crippen MR) is 208 cm³/mol. The van der Waals surface area contributed by atoms with E-state index in [-0.39, 0.29) is 28.1 Å². The van der Waals surface area contributed by atoms with E-state index in [0.717, 1.165) is 6.07 Å². The number of rotatable bonds is 9. The van der Waals surface area contributed by atoms with Gasteiger partial charge in [0.1, 0.15) is 51.9 Å². The Morgan fingerprint density at radius 3 is 1.57 bits per heavy atom. The Bertz CT molecular complexity index is 2510. The maximum atomic E-state index is 12.2. The lowest BCUT2D eigenvalue weighted by atomic mass is 9.86. The van der Waals surface area contributed by atoms with Crippen LogP contribution < -0.4 is 20.7 Å². The second-order valence-corrected chi connectivity index (χ2v) is 15.4. The van der Waals surface area contributed by atoms with E-state index in [1.54, 1.807) is 32.0 Å². The second kappa shape index (κ2) is 16.2. The van der Waals surface area contributed by atoms with Gasteiger partial charge in [-0.1, -0.05) is 13.8 Å². The number of hydrogen-bond donors (Lipinski definition) is 2. The van der Waals surface area contributed by atoms with Crippen LogP contribution in [0.2, 0.25) is 0 Å². The molecule has 0 saturated carbocycles. The van der Waals surface area contributed by atoms with Crippen molar-refractivity contribution in [3.8, 4) is 23.0 Å². The predicted octanol–water partition coefficient (Wildman–Crippen LogP) is 5.46. The highest BCUT2D eigenvalue weighted by Gasteiger charge is 2.61. The van der Waals surface area contributed by atoms with Crippen molar-refractivity contribution in [1.29, 1.82) is 0 Å². The first-order chi connectivity index (χ1) is 28.9. The molecule has 2 N–H and O–H groups in total. The van der Waals surface area contributed by atoms with E-state index in [4.69, 9.17) is 56.2 Å². The lowest BCUT2D eigenvalue weighted by Crippen LogP contribution is -2.63. The molecule has 4 aromatic rings. The summed E-state index contributed by atoms with van der Waals surface area (Å²) in [4.78, 5) is 59.2. The zero-order chi connectivity index (χ0) is 44.3. The molecule has 6 heterocycles. The van der Waals surface area contributed by atoms with Crippen LogP contribution in [0.5, 0.6) is 23.0 Å². The van der Waals surface area contributed by atoms with E-state index >= 15 is 0 Å². The second-order valence-electron chi connectivity index (χ2n) is 15.4. The maximum absolute atomic E-state index is 12.2. The molecule has 0 amide bonds. The minimum Gasteiger partial charge on any atom is -0.507 e. The number of carbonyl (C=O) groups is 3. The van der Waals surface area contributed by atoms with Crippen molar-refractivity contribution in [2.45, 2.75) is 122 Å². The lowest BCUT2D eigenvalue weighted by molar-refractivity contribution is -0.289. The van der Waals surface area contributed by atoms with Gasteiger partial charge in [0.15, 0.2) is 18.0 Å². The maximum Gasteiger partial charge on any atom is 0.509 e.